The van der Waals surface area contributed by atoms with E-state index in [1.165, 1.54) is 0 Å². The number of aliphatic hydroxyl groups is 1. The number of aliphatic carboxylic acids is 1. The highest BCUT2D eigenvalue weighted by Crippen LogP contribution is 2.35. The van der Waals surface area contributed by atoms with Crippen LogP contribution in [-0.2, 0) is 4.79 Å². The number of methoxy groups -OCH3 is 1. The molecule has 3 aromatic rings. The SMILES string of the molecule is COc1ccc2nccc([C@@H](O)CC[C@@H]3CCN(CCSc4nccs4)C[C@@H]3CC(=O)O)c2c1. The van der Waals surface area contributed by atoms with Gasteiger partial charge in [-0.2, -0.15) is 0 Å². The minimum absolute atomic E-state index is 0.0950. The number of piperidine rings is 1. The van der Waals surface area contributed by atoms with E-state index in [0.29, 0.717) is 6.42 Å². The van der Waals surface area contributed by atoms with Gasteiger partial charge in [0.15, 0.2) is 0 Å². The van der Waals surface area contributed by atoms with Crippen molar-refractivity contribution in [1.29, 1.82) is 0 Å². The highest BCUT2D eigenvalue weighted by molar-refractivity contribution is 8.01. The van der Waals surface area contributed by atoms with E-state index in [1.807, 2.05) is 35.8 Å². The molecule has 1 aliphatic heterocycles. The van der Waals surface area contributed by atoms with Crippen LogP contribution in [0.2, 0.25) is 0 Å². The minimum Gasteiger partial charge on any atom is -0.497 e. The zero-order valence-electron chi connectivity index (χ0n) is 19.3. The molecule has 0 radical (unpaired) electrons. The summed E-state index contributed by atoms with van der Waals surface area (Å²) in [4.78, 5) is 22.6. The number of ether oxygens (including phenoxy) is 1. The fourth-order valence-corrected chi connectivity index (χ4v) is 6.54. The van der Waals surface area contributed by atoms with Gasteiger partial charge in [-0.25, -0.2) is 4.98 Å². The summed E-state index contributed by atoms with van der Waals surface area (Å²) < 4.78 is 6.42. The summed E-state index contributed by atoms with van der Waals surface area (Å²) in [7, 11) is 1.63. The van der Waals surface area contributed by atoms with Gasteiger partial charge in [0.2, 0.25) is 0 Å². The molecule has 1 fully saturated rings. The van der Waals surface area contributed by atoms with Crippen molar-refractivity contribution in [3.63, 3.8) is 0 Å². The summed E-state index contributed by atoms with van der Waals surface area (Å²) in [5.74, 6) is 1.32. The number of hydrogen-bond acceptors (Lipinski definition) is 8. The van der Waals surface area contributed by atoms with Crippen LogP contribution in [0.1, 0.15) is 37.4 Å². The normalized spacial score (nSPS) is 19.8. The number of likely N-dealkylation sites (tertiary alicyclic amines) is 1. The maximum absolute atomic E-state index is 11.6. The molecule has 7 nitrogen and oxygen atoms in total. The lowest BCUT2D eigenvalue weighted by Crippen LogP contribution is -2.42. The Morgan fingerprint density at radius 3 is 2.94 bits per heavy atom. The first-order chi connectivity index (χ1) is 16.5. The standard InChI is InChI=1S/C25H31N3O4S2/c1-32-19-3-4-22-21(15-19)20(6-8-26-22)23(29)5-2-17-7-10-28(16-18(17)14-24(30)31)11-13-34-25-27-9-12-33-25/h3-4,6,8-9,12,15,17-18,23,29H,2,5,7,10-11,13-14,16H2,1H3,(H,30,31)/t17-,18+,23+/m1/s1. The molecular weight excluding hydrogens is 470 g/mol. The first-order valence-corrected chi connectivity index (χ1v) is 13.5. The van der Waals surface area contributed by atoms with E-state index in [-0.39, 0.29) is 18.3 Å². The van der Waals surface area contributed by atoms with Gasteiger partial charge >= 0.3 is 5.97 Å². The van der Waals surface area contributed by atoms with Gasteiger partial charge in [0.05, 0.1) is 18.7 Å². The van der Waals surface area contributed by atoms with Crippen LogP contribution in [0, 0.1) is 11.8 Å². The average molecular weight is 502 g/mol. The van der Waals surface area contributed by atoms with Gasteiger partial charge in [0.25, 0.3) is 0 Å². The van der Waals surface area contributed by atoms with Crippen molar-refractivity contribution in [3.8, 4) is 5.75 Å². The van der Waals surface area contributed by atoms with Crippen molar-refractivity contribution in [1.82, 2.24) is 14.9 Å². The van der Waals surface area contributed by atoms with Crippen LogP contribution in [0.4, 0.5) is 0 Å². The van der Waals surface area contributed by atoms with Crippen molar-refractivity contribution in [2.24, 2.45) is 11.8 Å². The van der Waals surface area contributed by atoms with E-state index in [1.54, 1.807) is 36.4 Å². The van der Waals surface area contributed by atoms with Gasteiger partial charge < -0.3 is 19.8 Å². The Morgan fingerprint density at radius 2 is 2.18 bits per heavy atom. The molecule has 3 atom stereocenters. The fourth-order valence-electron chi connectivity index (χ4n) is 4.83. The molecule has 1 aliphatic rings. The summed E-state index contributed by atoms with van der Waals surface area (Å²) in [6, 6.07) is 7.54. The van der Waals surface area contributed by atoms with E-state index in [4.69, 9.17) is 4.74 Å². The molecule has 0 aliphatic carbocycles. The Morgan fingerprint density at radius 1 is 1.29 bits per heavy atom. The molecule has 1 saturated heterocycles. The molecule has 9 heteroatoms. The van der Waals surface area contributed by atoms with Gasteiger partial charge in [0, 0.05) is 48.4 Å². The fraction of sp³-hybridized carbons (Fsp3) is 0.480. The predicted octanol–water partition coefficient (Wildman–Crippen LogP) is 4.72. The molecule has 0 spiro atoms. The van der Waals surface area contributed by atoms with E-state index in [2.05, 4.69) is 14.9 Å². The molecule has 0 saturated carbocycles. The second-order valence-electron chi connectivity index (χ2n) is 8.73. The summed E-state index contributed by atoms with van der Waals surface area (Å²) in [5, 5.41) is 23.4. The average Bonchev–Trinajstić information content (AvgIpc) is 3.36. The number of aromatic nitrogens is 2. The van der Waals surface area contributed by atoms with E-state index in [0.717, 1.165) is 64.8 Å². The van der Waals surface area contributed by atoms with Crippen molar-refractivity contribution in [2.45, 2.75) is 36.1 Å². The smallest absolute Gasteiger partial charge is 0.303 e. The molecule has 182 valence electrons. The van der Waals surface area contributed by atoms with Gasteiger partial charge in [0.1, 0.15) is 10.1 Å². The quantitative estimate of drug-likeness (QED) is 0.365. The number of rotatable bonds is 11. The van der Waals surface area contributed by atoms with E-state index < -0.39 is 12.1 Å². The van der Waals surface area contributed by atoms with Crippen LogP contribution in [0.3, 0.4) is 0 Å². The molecule has 0 amide bonds. The Labute approximate surface area is 208 Å². The second kappa shape index (κ2) is 12.0. The molecular formula is C25H31N3O4S2. The number of nitrogens with zero attached hydrogens (tertiary/aromatic N) is 3. The summed E-state index contributed by atoms with van der Waals surface area (Å²) in [5.41, 5.74) is 1.67. The molecule has 0 unspecified atom stereocenters. The maximum Gasteiger partial charge on any atom is 0.303 e. The predicted molar refractivity (Wildman–Crippen MR) is 136 cm³/mol. The molecule has 4 rings (SSSR count). The number of carboxylic acid groups (broad SMARTS) is 1. The number of benzene rings is 1. The number of thioether (sulfide) groups is 1. The van der Waals surface area contributed by atoms with Gasteiger partial charge in [-0.15, -0.1) is 11.3 Å². The molecule has 0 bridgehead atoms. The largest absolute Gasteiger partial charge is 0.497 e. The summed E-state index contributed by atoms with van der Waals surface area (Å²) in [6.07, 6.45) is 5.44. The maximum atomic E-state index is 11.6. The van der Waals surface area contributed by atoms with Gasteiger partial charge in [-0.3, -0.25) is 9.78 Å². The van der Waals surface area contributed by atoms with Crippen molar-refractivity contribution in [3.05, 3.63) is 47.6 Å². The third-order valence-corrected chi connectivity index (χ3v) is 8.55. The van der Waals surface area contributed by atoms with Crippen LogP contribution < -0.4 is 4.74 Å². The van der Waals surface area contributed by atoms with Gasteiger partial charge in [-0.05, 0) is 67.5 Å². The summed E-state index contributed by atoms with van der Waals surface area (Å²) >= 11 is 3.40. The number of pyridine rings is 1. The highest BCUT2D eigenvalue weighted by atomic mass is 32.2. The van der Waals surface area contributed by atoms with Crippen LogP contribution in [-0.4, -0.2) is 63.5 Å². The zero-order valence-corrected chi connectivity index (χ0v) is 20.9. The summed E-state index contributed by atoms with van der Waals surface area (Å²) in [6.45, 7) is 2.69. The first-order valence-electron chi connectivity index (χ1n) is 11.6. The van der Waals surface area contributed by atoms with E-state index in [9.17, 15) is 15.0 Å². The zero-order chi connectivity index (χ0) is 23.9. The Bertz CT molecular complexity index is 1080. The van der Waals surface area contributed by atoms with E-state index >= 15 is 0 Å². The number of thiazole rings is 1. The Hall–Kier alpha value is -2.20. The van der Waals surface area contributed by atoms with Crippen molar-refractivity contribution in [2.75, 3.05) is 32.5 Å². The highest BCUT2D eigenvalue weighted by Gasteiger charge is 2.31. The second-order valence-corrected chi connectivity index (χ2v) is 11.0. The Kier molecular flexibility index (Phi) is 8.77. The number of aliphatic hydroxyl groups excluding tert-OH is 1. The molecule has 34 heavy (non-hydrogen) atoms. The number of hydrogen-bond donors (Lipinski definition) is 2. The molecule has 2 aromatic heterocycles. The molecule has 3 heterocycles. The number of carbonyl (C=O) groups is 1. The topological polar surface area (TPSA) is 95.8 Å². The first kappa shape index (κ1) is 24.9. The lowest BCUT2D eigenvalue weighted by Gasteiger charge is -2.38. The van der Waals surface area contributed by atoms with Crippen molar-refractivity contribution >= 4 is 40.0 Å². The van der Waals surface area contributed by atoms with Crippen LogP contribution in [0.25, 0.3) is 10.9 Å². The molecule has 1 aromatic carbocycles. The minimum atomic E-state index is -0.748. The number of carboxylic acids is 1. The molecule has 2 N–H and O–H groups in total. The third kappa shape index (κ3) is 6.47. The van der Waals surface area contributed by atoms with Crippen LogP contribution in [0.5, 0.6) is 5.75 Å². The monoisotopic (exact) mass is 501 g/mol. The number of fused-ring (bicyclic) bond motifs is 1. The lowest BCUT2D eigenvalue weighted by atomic mass is 9.79. The van der Waals surface area contributed by atoms with Crippen LogP contribution in [0.15, 0.2) is 46.4 Å². The Balaban J connectivity index is 1.35. The third-order valence-electron chi connectivity index (χ3n) is 6.61. The van der Waals surface area contributed by atoms with Crippen LogP contribution >= 0.6 is 23.1 Å². The van der Waals surface area contributed by atoms with Crippen molar-refractivity contribution < 1.29 is 19.7 Å². The lowest BCUT2D eigenvalue weighted by molar-refractivity contribution is -0.139. The van der Waals surface area contributed by atoms with Gasteiger partial charge in [-0.1, -0.05) is 11.8 Å².